The number of ether oxygens (including phenoxy) is 1. The summed E-state index contributed by atoms with van der Waals surface area (Å²) < 4.78 is 6.72. The minimum atomic E-state index is -0.738. The van der Waals surface area contributed by atoms with E-state index >= 15 is 0 Å². The van der Waals surface area contributed by atoms with Gasteiger partial charge in [0.05, 0.1) is 10.6 Å². The van der Waals surface area contributed by atoms with E-state index < -0.39 is 11.9 Å². The number of amides is 2. The highest BCUT2D eigenvalue weighted by Crippen LogP contribution is 2.24. The van der Waals surface area contributed by atoms with Crippen molar-refractivity contribution in [2.45, 2.75) is 13.0 Å². The maximum atomic E-state index is 12.4. The molecule has 1 atom stereocenters. The maximum Gasteiger partial charge on any atom is 0.253 e. The predicted octanol–water partition coefficient (Wildman–Crippen LogP) is 5.65. The van der Waals surface area contributed by atoms with Crippen LogP contribution in [0.5, 0.6) is 11.5 Å². The second kappa shape index (κ2) is 9.58. The van der Waals surface area contributed by atoms with Crippen LogP contribution in [-0.4, -0.2) is 17.9 Å². The van der Waals surface area contributed by atoms with E-state index in [4.69, 9.17) is 16.3 Å². The molecule has 0 spiro atoms. The van der Waals surface area contributed by atoms with Gasteiger partial charge in [0.1, 0.15) is 17.5 Å². The third-order valence-electron chi connectivity index (χ3n) is 4.03. The number of carbonyl (C=O) groups excluding carboxylic acids is 2. The maximum absolute atomic E-state index is 12.4. The molecule has 0 radical (unpaired) electrons. The molecule has 148 valence electrons. The lowest BCUT2D eigenvalue weighted by atomic mass is 10.2. The van der Waals surface area contributed by atoms with E-state index in [1.807, 2.05) is 24.3 Å². The number of carbonyl (C=O) groups is 2. The molecule has 3 rings (SSSR count). The highest BCUT2D eigenvalue weighted by molar-refractivity contribution is 9.10. The van der Waals surface area contributed by atoms with Crippen molar-refractivity contribution in [1.29, 1.82) is 0 Å². The van der Waals surface area contributed by atoms with Crippen molar-refractivity contribution in [3.63, 3.8) is 0 Å². The lowest BCUT2D eigenvalue weighted by Gasteiger charge is -2.15. The van der Waals surface area contributed by atoms with Crippen molar-refractivity contribution in [2.24, 2.45) is 0 Å². The molecule has 0 saturated carbocycles. The summed E-state index contributed by atoms with van der Waals surface area (Å²) in [6, 6.07) is 20.4. The van der Waals surface area contributed by atoms with Crippen LogP contribution >= 0.6 is 27.5 Å². The van der Waals surface area contributed by atoms with Crippen LogP contribution in [0.2, 0.25) is 5.02 Å². The van der Waals surface area contributed by atoms with Crippen molar-refractivity contribution < 1.29 is 14.3 Å². The summed E-state index contributed by atoms with van der Waals surface area (Å²) in [6.07, 6.45) is 0. The van der Waals surface area contributed by atoms with Crippen LogP contribution in [0.25, 0.3) is 0 Å². The Balaban J connectivity index is 1.56. The third kappa shape index (κ3) is 5.82. The second-order valence-electron chi connectivity index (χ2n) is 6.24. The number of anilines is 1. The number of rotatable bonds is 6. The van der Waals surface area contributed by atoms with Gasteiger partial charge in [0.15, 0.2) is 0 Å². The fraction of sp³-hybridized carbons (Fsp3) is 0.0909. The molecule has 0 fully saturated rings. The van der Waals surface area contributed by atoms with Gasteiger partial charge in [0.2, 0.25) is 5.91 Å². The first-order valence-corrected chi connectivity index (χ1v) is 9.99. The van der Waals surface area contributed by atoms with Gasteiger partial charge in [-0.05, 0) is 67.6 Å². The third-order valence-corrected chi connectivity index (χ3v) is 4.89. The van der Waals surface area contributed by atoms with Gasteiger partial charge in [-0.3, -0.25) is 9.59 Å². The van der Waals surface area contributed by atoms with Gasteiger partial charge >= 0.3 is 0 Å². The molecular formula is C22H18BrClN2O3. The van der Waals surface area contributed by atoms with E-state index in [1.165, 1.54) is 0 Å². The summed E-state index contributed by atoms with van der Waals surface area (Å²) in [5.41, 5.74) is 0.917. The fourth-order valence-electron chi connectivity index (χ4n) is 2.48. The Morgan fingerprint density at radius 1 is 0.931 bits per heavy atom. The number of nitrogens with one attached hydrogen (secondary N) is 2. The summed E-state index contributed by atoms with van der Waals surface area (Å²) in [5.74, 6) is 0.606. The Kier molecular flexibility index (Phi) is 6.90. The lowest BCUT2D eigenvalue weighted by Crippen LogP contribution is -2.41. The molecule has 0 aliphatic carbocycles. The number of hydrogen-bond acceptors (Lipinski definition) is 3. The van der Waals surface area contributed by atoms with Crippen molar-refractivity contribution in [1.82, 2.24) is 5.32 Å². The van der Waals surface area contributed by atoms with Crippen LogP contribution in [0.15, 0.2) is 77.3 Å². The van der Waals surface area contributed by atoms with Crippen molar-refractivity contribution in [3.8, 4) is 11.5 Å². The average molecular weight is 474 g/mol. The first-order valence-electron chi connectivity index (χ1n) is 8.82. The summed E-state index contributed by atoms with van der Waals surface area (Å²) >= 11 is 9.39. The number of halogens is 2. The Labute approximate surface area is 182 Å². The molecule has 0 heterocycles. The predicted molar refractivity (Wildman–Crippen MR) is 118 cm³/mol. The van der Waals surface area contributed by atoms with Crippen LogP contribution in [0.3, 0.4) is 0 Å². The molecule has 7 heteroatoms. The highest BCUT2D eigenvalue weighted by Gasteiger charge is 2.18. The van der Waals surface area contributed by atoms with Crippen molar-refractivity contribution >= 4 is 45.0 Å². The van der Waals surface area contributed by atoms with E-state index in [1.54, 1.807) is 55.5 Å². The highest BCUT2D eigenvalue weighted by atomic mass is 79.9. The summed E-state index contributed by atoms with van der Waals surface area (Å²) in [5, 5.41) is 5.74. The quantitative estimate of drug-likeness (QED) is 0.486. The Hall–Kier alpha value is -2.83. The molecule has 0 saturated heterocycles. The monoisotopic (exact) mass is 472 g/mol. The van der Waals surface area contributed by atoms with E-state index in [9.17, 15) is 9.59 Å². The van der Waals surface area contributed by atoms with Crippen molar-refractivity contribution in [2.75, 3.05) is 5.32 Å². The van der Waals surface area contributed by atoms with Gasteiger partial charge in [-0.2, -0.15) is 0 Å². The van der Waals surface area contributed by atoms with Gasteiger partial charge in [-0.1, -0.05) is 39.7 Å². The smallest absolute Gasteiger partial charge is 0.253 e. The zero-order valence-corrected chi connectivity index (χ0v) is 17.8. The van der Waals surface area contributed by atoms with Gasteiger partial charge in [-0.15, -0.1) is 0 Å². The van der Waals surface area contributed by atoms with Crippen LogP contribution in [0.1, 0.15) is 17.3 Å². The van der Waals surface area contributed by atoms with Gasteiger partial charge in [0.25, 0.3) is 5.91 Å². The van der Waals surface area contributed by atoms with E-state index in [2.05, 4.69) is 26.6 Å². The van der Waals surface area contributed by atoms with E-state index in [0.717, 1.165) is 4.47 Å². The first kappa shape index (κ1) is 20.9. The molecule has 0 aliphatic rings. The first-order chi connectivity index (χ1) is 13.9. The summed E-state index contributed by atoms with van der Waals surface area (Å²) in [4.78, 5) is 24.7. The molecule has 2 amide bonds. The SMILES string of the molecule is C[C@H](NC(=O)c1ccccc1Cl)C(=O)Nc1ccc(Oc2ccc(Br)cc2)cc1. The standard InChI is InChI=1S/C22H18BrClN2O3/c1-14(25-22(28)19-4-2-3-5-20(19)24)21(27)26-16-8-12-18(13-9-16)29-17-10-6-15(23)7-11-17/h2-14H,1H3,(H,25,28)(H,26,27)/t14-/m0/s1. The summed E-state index contributed by atoms with van der Waals surface area (Å²) in [6.45, 7) is 1.61. The van der Waals surface area contributed by atoms with Gasteiger partial charge in [-0.25, -0.2) is 0 Å². The zero-order valence-electron chi connectivity index (χ0n) is 15.5. The van der Waals surface area contributed by atoms with E-state index in [0.29, 0.717) is 27.8 Å². The number of benzene rings is 3. The second-order valence-corrected chi connectivity index (χ2v) is 7.57. The average Bonchev–Trinajstić information content (AvgIpc) is 2.71. The van der Waals surface area contributed by atoms with E-state index in [-0.39, 0.29) is 5.91 Å². The normalized spacial score (nSPS) is 11.4. The van der Waals surface area contributed by atoms with Crippen molar-refractivity contribution in [3.05, 3.63) is 87.9 Å². The molecule has 2 N–H and O–H groups in total. The Morgan fingerprint density at radius 2 is 1.52 bits per heavy atom. The van der Waals surface area contributed by atoms with Crippen LogP contribution in [0, 0.1) is 0 Å². The Bertz CT molecular complexity index is 1010. The molecular weight excluding hydrogens is 456 g/mol. The molecule has 29 heavy (non-hydrogen) atoms. The molecule has 5 nitrogen and oxygen atoms in total. The summed E-state index contributed by atoms with van der Waals surface area (Å²) in [7, 11) is 0. The number of hydrogen-bond donors (Lipinski definition) is 2. The van der Waals surface area contributed by atoms with Crippen LogP contribution in [0.4, 0.5) is 5.69 Å². The molecule has 3 aromatic rings. The fourth-order valence-corrected chi connectivity index (χ4v) is 2.97. The minimum absolute atomic E-state index is 0.322. The topological polar surface area (TPSA) is 67.4 Å². The largest absolute Gasteiger partial charge is 0.457 e. The van der Waals surface area contributed by atoms with Gasteiger partial charge in [0, 0.05) is 10.2 Å². The lowest BCUT2D eigenvalue weighted by molar-refractivity contribution is -0.117. The van der Waals surface area contributed by atoms with Crippen LogP contribution in [-0.2, 0) is 4.79 Å². The molecule has 0 unspecified atom stereocenters. The molecule has 0 bridgehead atoms. The minimum Gasteiger partial charge on any atom is -0.457 e. The van der Waals surface area contributed by atoms with Gasteiger partial charge < -0.3 is 15.4 Å². The molecule has 0 aromatic heterocycles. The molecule has 3 aromatic carbocycles. The zero-order chi connectivity index (χ0) is 20.8. The molecule has 0 aliphatic heterocycles. The Morgan fingerprint density at radius 3 is 2.14 bits per heavy atom. The van der Waals surface area contributed by atoms with Crippen LogP contribution < -0.4 is 15.4 Å².